The van der Waals surface area contributed by atoms with Gasteiger partial charge in [0.2, 0.25) is 0 Å². The molecular weight excluding hydrogens is 372 g/mol. The summed E-state index contributed by atoms with van der Waals surface area (Å²) in [6, 6.07) is 16.9. The zero-order valence-electron chi connectivity index (χ0n) is 16.1. The van der Waals surface area contributed by atoms with Crippen LogP contribution in [0.3, 0.4) is 0 Å². The van der Waals surface area contributed by atoms with Gasteiger partial charge in [0, 0.05) is 17.5 Å². The summed E-state index contributed by atoms with van der Waals surface area (Å²) in [5, 5.41) is 2.88. The third-order valence-corrected chi connectivity index (χ3v) is 5.03. The van der Waals surface area contributed by atoms with Crippen LogP contribution < -0.4 is 9.47 Å². The largest absolute Gasteiger partial charge is 0.497 e. The second-order valence-electron chi connectivity index (χ2n) is 6.29. The second-order valence-corrected chi connectivity index (χ2v) is 7.24. The minimum absolute atomic E-state index is 0.0177. The maximum Gasteiger partial charge on any atom is 0.254 e. The highest BCUT2D eigenvalue weighted by Crippen LogP contribution is 2.19. The summed E-state index contributed by atoms with van der Waals surface area (Å²) in [5.74, 6) is 1.48. The zero-order valence-corrected chi connectivity index (χ0v) is 16.9. The van der Waals surface area contributed by atoms with Crippen LogP contribution in [0, 0.1) is 0 Å². The van der Waals surface area contributed by atoms with Crippen molar-refractivity contribution in [1.29, 1.82) is 0 Å². The van der Waals surface area contributed by atoms with Crippen LogP contribution in [0.2, 0.25) is 0 Å². The number of rotatable bonds is 9. The minimum atomic E-state index is -0.0177. The van der Waals surface area contributed by atoms with Gasteiger partial charge in [0.1, 0.15) is 23.1 Å². The average Bonchev–Trinajstić information content (AvgIpc) is 3.19. The van der Waals surface area contributed by atoms with Crippen molar-refractivity contribution in [2.24, 2.45) is 0 Å². The quantitative estimate of drug-likeness (QED) is 0.522. The molecule has 5 nitrogen and oxygen atoms in total. The number of aromatic nitrogens is 1. The molecule has 0 N–H and O–H groups in total. The van der Waals surface area contributed by atoms with Crippen molar-refractivity contribution in [3.05, 3.63) is 76.2 Å². The molecule has 0 aliphatic heterocycles. The van der Waals surface area contributed by atoms with E-state index in [0.29, 0.717) is 31.0 Å². The first-order valence-corrected chi connectivity index (χ1v) is 10.1. The number of hydrogen-bond acceptors (Lipinski definition) is 5. The Morgan fingerprint density at radius 3 is 2.64 bits per heavy atom. The van der Waals surface area contributed by atoms with Crippen LogP contribution in [-0.4, -0.2) is 29.4 Å². The number of amides is 1. The maximum atomic E-state index is 12.9. The summed E-state index contributed by atoms with van der Waals surface area (Å²) in [6.07, 6.45) is 0.879. The van der Waals surface area contributed by atoms with Gasteiger partial charge in [-0.2, -0.15) is 0 Å². The fourth-order valence-electron chi connectivity index (χ4n) is 2.81. The molecule has 0 unspecified atom stereocenters. The molecule has 28 heavy (non-hydrogen) atoms. The van der Waals surface area contributed by atoms with E-state index >= 15 is 0 Å². The lowest BCUT2D eigenvalue weighted by atomic mass is 10.1. The lowest BCUT2D eigenvalue weighted by molar-refractivity contribution is 0.0741. The molecule has 146 valence electrons. The van der Waals surface area contributed by atoms with Crippen LogP contribution in [0.1, 0.15) is 34.4 Å². The van der Waals surface area contributed by atoms with E-state index in [0.717, 1.165) is 22.9 Å². The summed E-state index contributed by atoms with van der Waals surface area (Å²) < 4.78 is 11.0. The Morgan fingerprint density at radius 2 is 1.89 bits per heavy atom. The molecule has 3 aromatic rings. The summed E-state index contributed by atoms with van der Waals surface area (Å²) >= 11 is 1.55. The van der Waals surface area contributed by atoms with E-state index in [1.54, 1.807) is 24.5 Å². The molecule has 1 amide bonds. The van der Waals surface area contributed by atoms with E-state index in [2.05, 4.69) is 11.9 Å². The minimum Gasteiger partial charge on any atom is -0.497 e. The van der Waals surface area contributed by atoms with Crippen molar-refractivity contribution < 1.29 is 14.3 Å². The van der Waals surface area contributed by atoms with Crippen molar-refractivity contribution in [3.8, 4) is 11.5 Å². The Bertz CT molecular complexity index is 896. The van der Waals surface area contributed by atoms with Crippen molar-refractivity contribution in [2.45, 2.75) is 26.5 Å². The fourth-order valence-corrected chi connectivity index (χ4v) is 3.50. The molecule has 2 aromatic carbocycles. The molecule has 0 spiro atoms. The van der Waals surface area contributed by atoms with Gasteiger partial charge in [-0.05, 0) is 36.8 Å². The van der Waals surface area contributed by atoms with E-state index in [-0.39, 0.29) is 5.91 Å². The number of thiazole rings is 1. The lowest BCUT2D eigenvalue weighted by Crippen LogP contribution is -2.31. The number of carbonyl (C=O) groups excluding carboxylic acids is 1. The van der Waals surface area contributed by atoms with Crippen molar-refractivity contribution in [3.63, 3.8) is 0 Å². The average molecular weight is 397 g/mol. The van der Waals surface area contributed by atoms with Gasteiger partial charge < -0.3 is 14.4 Å². The maximum absolute atomic E-state index is 12.9. The first kappa shape index (κ1) is 19.9. The summed E-state index contributed by atoms with van der Waals surface area (Å²) in [5.41, 5.74) is 1.50. The number of ether oxygens (including phenoxy) is 2. The van der Waals surface area contributed by atoms with Gasteiger partial charge in [0.15, 0.2) is 0 Å². The van der Waals surface area contributed by atoms with Crippen LogP contribution in [0.15, 0.2) is 60.0 Å². The highest BCUT2D eigenvalue weighted by atomic mass is 32.1. The van der Waals surface area contributed by atoms with Gasteiger partial charge in [-0.25, -0.2) is 4.98 Å². The third-order valence-electron chi connectivity index (χ3n) is 4.16. The van der Waals surface area contributed by atoms with Gasteiger partial charge in [0.25, 0.3) is 5.91 Å². The summed E-state index contributed by atoms with van der Waals surface area (Å²) in [6.45, 7) is 3.63. The fraction of sp³-hybridized carbons (Fsp3) is 0.273. The first-order chi connectivity index (χ1) is 13.7. The van der Waals surface area contributed by atoms with Crippen LogP contribution in [0.4, 0.5) is 0 Å². The summed E-state index contributed by atoms with van der Waals surface area (Å²) in [7, 11) is 1.60. The Labute approximate surface area is 169 Å². The third kappa shape index (κ3) is 5.33. The van der Waals surface area contributed by atoms with Gasteiger partial charge in [-0.15, -0.1) is 11.3 Å². The van der Waals surface area contributed by atoms with E-state index in [1.807, 2.05) is 58.8 Å². The lowest BCUT2D eigenvalue weighted by Gasteiger charge is -2.21. The molecule has 1 aromatic heterocycles. The molecule has 0 fully saturated rings. The van der Waals surface area contributed by atoms with Gasteiger partial charge in [0.05, 0.1) is 19.3 Å². The monoisotopic (exact) mass is 396 g/mol. The molecule has 0 aliphatic rings. The van der Waals surface area contributed by atoms with Crippen molar-refractivity contribution in [1.82, 2.24) is 9.88 Å². The molecule has 0 saturated carbocycles. The smallest absolute Gasteiger partial charge is 0.254 e. The van der Waals surface area contributed by atoms with Crippen LogP contribution in [0.5, 0.6) is 11.5 Å². The second kappa shape index (κ2) is 9.90. The zero-order chi connectivity index (χ0) is 19.8. The molecule has 3 rings (SSSR count). The number of para-hydroxylation sites is 1. The standard InChI is InChI=1S/C22H24N2O3S/c1-3-12-24(22(25)17-8-7-11-20(13-17)26-2)14-18-16-28-21(23-18)15-27-19-9-5-4-6-10-19/h4-11,13,16H,3,12,14-15H2,1-2H3. The molecule has 0 aliphatic carbocycles. The number of nitrogens with zero attached hydrogens (tertiary/aromatic N) is 2. The number of benzene rings is 2. The summed E-state index contributed by atoms with van der Waals surface area (Å²) in [4.78, 5) is 19.4. The molecular formula is C22H24N2O3S. The molecule has 1 heterocycles. The van der Waals surface area contributed by atoms with Gasteiger partial charge in [-0.1, -0.05) is 31.2 Å². The molecule has 6 heteroatoms. The SMILES string of the molecule is CCCN(Cc1csc(COc2ccccc2)n1)C(=O)c1cccc(OC)c1. The first-order valence-electron chi connectivity index (χ1n) is 9.24. The molecule has 0 saturated heterocycles. The highest BCUT2D eigenvalue weighted by Gasteiger charge is 2.17. The predicted molar refractivity (Wildman–Crippen MR) is 111 cm³/mol. The van der Waals surface area contributed by atoms with E-state index in [1.165, 1.54) is 0 Å². The van der Waals surface area contributed by atoms with Crippen LogP contribution in [0.25, 0.3) is 0 Å². The Balaban J connectivity index is 1.65. The number of methoxy groups -OCH3 is 1. The van der Waals surface area contributed by atoms with Gasteiger partial charge in [-0.3, -0.25) is 4.79 Å². The van der Waals surface area contributed by atoms with Crippen molar-refractivity contribution in [2.75, 3.05) is 13.7 Å². The Kier molecular flexibility index (Phi) is 7.03. The number of hydrogen-bond donors (Lipinski definition) is 0. The van der Waals surface area contributed by atoms with E-state index in [9.17, 15) is 4.79 Å². The molecule has 0 bridgehead atoms. The van der Waals surface area contributed by atoms with Crippen molar-refractivity contribution >= 4 is 17.2 Å². The number of carbonyl (C=O) groups is 1. The molecule has 0 atom stereocenters. The van der Waals surface area contributed by atoms with Gasteiger partial charge >= 0.3 is 0 Å². The van der Waals surface area contributed by atoms with Crippen LogP contribution in [-0.2, 0) is 13.2 Å². The highest BCUT2D eigenvalue weighted by molar-refractivity contribution is 7.09. The Hall–Kier alpha value is -2.86. The van der Waals surface area contributed by atoms with Crippen LogP contribution >= 0.6 is 11.3 Å². The van der Waals surface area contributed by atoms with E-state index < -0.39 is 0 Å². The molecule has 0 radical (unpaired) electrons. The Morgan fingerprint density at radius 1 is 1.11 bits per heavy atom. The van der Waals surface area contributed by atoms with E-state index in [4.69, 9.17) is 9.47 Å². The normalized spacial score (nSPS) is 10.5. The predicted octanol–water partition coefficient (Wildman–Crippen LogP) is 4.78. The topological polar surface area (TPSA) is 51.7 Å².